The lowest BCUT2D eigenvalue weighted by atomic mass is 10.1. The van der Waals surface area contributed by atoms with Crippen molar-refractivity contribution in [2.24, 2.45) is 0 Å². The van der Waals surface area contributed by atoms with Gasteiger partial charge in [0, 0.05) is 17.0 Å². The number of nitrogens with one attached hydrogen (secondary N) is 2. The molecule has 0 aliphatic heterocycles. The molecule has 0 radical (unpaired) electrons. The molecule has 0 atom stereocenters. The van der Waals surface area contributed by atoms with Crippen LogP contribution in [0.2, 0.25) is 0 Å². The van der Waals surface area contributed by atoms with Gasteiger partial charge in [0.2, 0.25) is 20.0 Å². The summed E-state index contributed by atoms with van der Waals surface area (Å²) in [6.07, 6.45) is 1.03. The van der Waals surface area contributed by atoms with Crippen molar-refractivity contribution in [1.82, 2.24) is 9.44 Å². The molecule has 0 saturated carbocycles. The molecule has 1 aromatic heterocycles. The van der Waals surface area contributed by atoms with Gasteiger partial charge in [-0.3, -0.25) is 0 Å². The van der Waals surface area contributed by atoms with Crippen molar-refractivity contribution in [3.63, 3.8) is 0 Å². The van der Waals surface area contributed by atoms with Crippen LogP contribution in [0.4, 0.5) is 0 Å². The second kappa shape index (κ2) is 6.01. The molecule has 0 amide bonds. The molecule has 0 fully saturated rings. The Bertz CT molecular complexity index is 692. The van der Waals surface area contributed by atoms with E-state index in [0.29, 0.717) is 4.88 Å². The number of rotatable bonds is 6. The third kappa shape index (κ3) is 5.41. The zero-order chi connectivity index (χ0) is 15.8. The minimum Gasteiger partial charge on any atom is -0.213 e. The number of halogens is 1. The van der Waals surface area contributed by atoms with Gasteiger partial charge < -0.3 is 0 Å². The third-order valence-corrected chi connectivity index (χ3v) is 6.43. The highest BCUT2D eigenvalue weighted by molar-refractivity contribution is 9.11. The first kappa shape index (κ1) is 18.1. The van der Waals surface area contributed by atoms with E-state index < -0.39 is 25.6 Å². The second-order valence-electron chi connectivity index (χ2n) is 5.05. The molecule has 2 N–H and O–H groups in total. The van der Waals surface area contributed by atoms with E-state index in [9.17, 15) is 16.8 Å². The number of thiophene rings is 1. The fraction of sp³-hybridized carbons (Fsp3) is 0.600. The van der Waals surface area contributed by atoms with Gasteiger partial charge in [-0.15, -0.1) is 11.3 Å². The minimum absolute atomic E-state index is 0.0463. The van der Waals surface area contributed by atoms with E-state index in [2.05, 4.69) is 25.4 Å². The van der Waals surface area contributed by atoms with Crippen LogP contribution < -0.4 is 9.44 Å². The van der Waals surface area contributed by atoms with Gasteiger partial charge in [0.05, 0.1) is 14.9 Å². The summed E-state index contributed by atoms with van der Waals surface area (Å²) in [6, 6.07) is 1.53. The highest BCUT2D eigenvalue weighted by Gasteiger charge is 2.26. The van der Waals surface area contributed by atoms with Crippen molar-refractivity contribution >= 4 is 47.3 Å². The summed E-state index contributed by atoms with van der Waals surface area (Å²) in [4.78, 5) is 0.864. The van der Waals surface area contributed by atoms with Crippen LogP contribution in [-0.4, -0.2) is 35.2 Å². The van der Waals surface area contributed by atoms with E-state index in [0.717, 1.165) is 10.0 Å². The molecule has 0 unspecified atom stereocenters. The fourth-order valence-electron chi connectivity index (χ4n) is 1.59. The summed E-state index contributed by atoms with van der Waals surface area (Å²) in [7, 11) is -7.07. The molecule has 10 heteroatoms. The van der Waals surface area contributed by atoms with E-state index in [4.69, 9.17) is 0 Å². The van der Waals surface area contributed by atoms with Gasteiger partial charge >= 0.3 is 0 Å². The van der Waals surface area contributed by atoms with Gasteiger partial charge in [-0.2, -0.15) is 0 Å². The van der Waals surface area contributed by atoms with Crippen molar-refractivity contribution < 1.29 is 16.8 Å². The van der Waals surface area contributed by atoms with Gasteiger partial charge in [0.1, 0.15) is 0 Å². The highest BCUT2D eigenvalue weighted by atomic mass is 79.9. The van der Waals surface area contributed by atoms with Crippen LogP contribution in [0.5, 0.6) is 0 Å². The monoisotopic (exact) mass is 404 g/mol. The molecule has 0 saturated heterocycles. The molecule has 20 heavy (non-hydrogen) atoms. The van der Waals surface area contributed by atoms with Crippen molar-refractivity contribution in [1.29, 1.82) is 0 Å². The first-order chi connectivity index (χ1) is 8.82. The van der Waals surface area contributed by atoms with Crippen LogP contribution in [0.3, 0.4) is 0 Å². The zero-order valence-corrected chi connectivity index (χ0v) is 15.6. The lowest BCUT2D eigenvalue weighted by molar-refractivity contribution is 0.446. The van der Waals surface area contributed by atoms with Gasteiger partial charge in [-0.1, -0.05) is 0 Å². The molecular weight excluding hydrogens is 388 g/mol. The van der Waals surface area contributed by atoms with Crippen molar-refractivity contribution in [3.8, 4) is 0 Å². The predicted molar refractivity (Wildman–Crippen MR) is 84.0 cm³/mol. The Morgan fingerprint density at radius 2 is 1.85 bits per heavy atom. The van der Waals surface area contributed by atoms with E-state index in [1.54, 1.807) is 20.8 Å². The minimum atomic E-state index is -3.66. The van der Waals surface area contributed by atoms with Gasteiger partial charge in [-0.05, 0) is 42.8 Å². The average molecular weight is 405 g/mol. The summed E-state index contributed by atoms with van der Waals surface area (Å²) in [5.41, 5.74) is -0.915. The molecule has 0 aromatic carbocycles. The van der Waals surface area contributed by atoms with Crippen LogP contribution in [-0.2, 0) is 20.0 Å². The molecule has 0 aliphatic carbocycles. The summed E-state index contributed by atoms with van der Waals surface area (Å²) < 4.78 is 52.3. The Hall–Kier alpha value is -0.000000000000000167. The third-order valence-electron chi connectivity index (χ3n) is 2.30. The molecule has 0 bridgehead atoms. The Morgan fingerprint density at radius 1 is 1.30 bits per heavy atom. The lowest BCUT2D eigenvalue weighted by Crippen LogP contribution is -2.50. The van der Waals surface area contributed by atoms with E-state index >= 15 is 0 Å². The largest absolute Gasteiger partial charge is 0.241 e. The lowest BCUT2D eigenvalue weighted by Gasteiger charge is -2.25. The smallest absolute Gasteiger partial charge is 0.213 e. The predicted octanol–water partition coefficient (Wildman–Crippen LogP) is 1.43. The summed E-state index contributed by atoms with van der Waals surface area (Å²) in [6.45, 7) is 4.87. The summed E-state index contributed by atoms with van der Waals surface area (Å²) in [5.74, 6) is 0. The van der Waals surface area contributed by atoms with Crippen LogP contribution in [0, 0.1) is 6.92 Å². The van der Waals surface area contributed by atoms with E-state index in [1.165, 1.54) is 17.4 Å². The molecule has 116 valence electrons. The van der Waals surface area contributed by atoms with E-state index in [-0.39, 0.29) is 11.4 Å². The highest BCUT2D eigenvalue weighted by Crippen LogP contribution is 2.29. The Kier molecular flexibility index (Phi) is 5.43. The van der Waals surface area contributed by atoms with Crippen LogP contribution >= 0.6 is 27.3 Å². The molecule has 1 heterocycles. The molecule has 1 rings (SSSR count). The standard InChI is InChI=1S/C10H17BrN2O4S3/c1-7-8(5-9(11)18-7)20(16,17)12-6-10(2,3)13-19(4,14)15/h5,12-13H,6H2,1-4H3. The summed E-state index contributed by atoms with van der Waals surface area (Å²) in [5, 5.41) is 0. The van der Waals surface area contributed by atoms with Gasteiger partial charge in [0.15, 0.2) is 0 Å². The SMILES string of the molecule is Cc1sc(Br)cc1S(=O)(=O)NCC(C)(C)NS(C)(=O)=O. The Labute approximate surface area is 132 Å². The topological polar surface area (TPSA) is 92.3 Å². The van der Waals surface area contributed by atoms with Crippen LogP contribution in [0.15, 0.2) is 14.7 Å². The second-order valence-corrected chi connectivity index (χ2v) is 11.2. The maximum Gasteiger partial charge on any atom is 0.241 e. The number of sulfonamides is 2. The van der Waals surface area contributed by atoms with Crippen LogP contribution in [0.25, 0.3) is 0 Å². The number of aryl methyl sites for hydroxylation is 1. The fourth-order valence-corrected chi connectivity index (χ4v) is 6.29. The molecule has 6 nitrogen and oxygen atoms in total. The van der Waals surface area contributed by atoms with Crippen molar-refractivity contribution in [3.05, 3.63) is 14.7 Å². The summed E-state index contributed by atoms with van der Waals surface area (Å²) >= 11 is 4.57. The molecule has 0 aliphatic rings. The Balaban J connectivity index is 2.86. The van der Waals surface area contributed by atoms with Crippen molar-refractivity contribution in [2.75, 3.05) is 12.8 Å². The number of hydrogen-bond donors (Lipinski definition) is 2. The molecule has 0 spiro atoms. The first-order valence-corrected chi connectivity index (χ1v) is 10.6. The first-order valence-electron chi connectivity index (χ1n) is 5.57. The quantitative estimate of drug-likeness (QED) is 0.749. The zero-order valence-electron chi connectivity index (χ0n) is 11.5. The van der Waals surface area contributed by atoms with Crippen molar-refractivity contribution in [2.45, 2.75) is 31.2 Å². The molecule has 1 aromatic rings. The normalized spacial score (nSPS) is 13.7. The average Bonchev–Trinajstić information content (AvgIpc) is 2.52. The maximum absolute atomic E-state index is 12.2. The van der Waals surface area contributed by atoms with Gasteiger partial charge in [0.25, 0.3) is 0 Å². The number of hydrogen-bond acceptors (Lipinski definition) is 5. The molecular formula is C10H17BrN2O4S3. The van der Waals surface area contributed by atoms with Gasteiger partial charge in [-0.25, -0.2) is 26.3 Å². The Morgan fingerprint density at radius 3 is 2.25 bits per heavy atom. The van der Waals surface area contributed by atoms with Crippen LogP contribution in [0.1, 0.15) is 18.7 Å². The van der Waals surface area contributed by atoms with E-state index in [1.807, 2.05) is 0 Å². The maximum atomic E-state index is 12.2.